The summed E-state index contributed by atoms with van der Waals surface area (Å²) in [6, 6.07) is 8.01. The molecule has 1 aromatic carbocycles. The molecule has 0 bridgehead atoms. The third-order valence-electron chi connectivity index (χ3n) is 3.67. The van der Waals surface area contributed by atoms with Crippen LogP contribution in [0.4, 0.5) is 5.69 Å². The van der Waals surface area contributed by atoms with Gasteiger partial charge >= 0.3 is 5.91 Å². The first-order valence-corrected chi connectivity index (χ1v) is 10.4. The summed E-state index contributed by atoms with van der Waals surface area (Å²) in [5, 5.41) is 13.5. The fourth-order valence-corrected chi connectivity index (χ4v) is 3.35. The Labute approximate surface area is 188 Å². The first kappa shape index (κ1) is 21.9. The van der Waals surface area contributed by atoms with Crippen LogP contribution in [0.25, 0.3) is 0 Å². The fraction of sp³-hybridized carbons (Fsp3) is 0.111. The van der Waals surface area contributed by atoms with E-state index in [9.17, 15) is 14.4 Å². The van der Waals surface area contributed by atoms with Gasteiger partial charge in [0.05, 0.1) is 5.75 Å². The van der Waals surface area contributed by atoms with Gasteiger partial charge in [-0.15, -0.1) is 0 Å². The minimum absolute atomic E-state index is 0.0502. The van der Waals surface area contributed by atoms with Crippen LogP contribution >= 0.6 is 39.3 Å². The molecule has 0 fully saturated rings. The highest BCUT2D eigenvalue weighted by molar-refractivity contribution is 9.10. The number of carbonyl (C=O) groups is 3. The summed E-state index contributed by atoms with van der Waals surface area (Å²) in [6.45, 7) is 1.85. The Bertz CT molecular complexity index is 1130. The Kier molecular flexibility index (Phi) is 6.85. The van der Waals surface area contributed by atoms with Gasteiger partial charge in [0.2, 0.25) is 5.91 Å². The van der Waals surface area contributed by atoms with Crippen molar-refractivity contribution in [3.8, 4) is 0 Å². The number of carbonyl (C=O) groups excluding carboxylic acids is 3. The molecule has 30 heavy (non-hydrogen) atoms. The van der Waals surface area contributed by atoms with Crippen LogP contribution in [0, 0.1) is 12.3 Å². The molecule has 0 unspecified atom stereocenters. The number of thioether (sulfide) groups is 1. The van der Waals surface area contributed by atoms with E-state index >= 15 is 0 Å². The van der Waals surface area contributed by atoms with Gasteiger partial charge < -0.3 is 9.73 Å². The number of amidine groups is 2. The standard InChI is InChI=1S/C18H13BrClN5O4S/c1-8-2-3-9(6-10(8)20)22-13(26)7-30-18-24-15(21)14(17(28)25-18)23-16(27)11-4-5-12(19)29-11/h2-6H,7H2,1H3,(H,22,26)(H2,21,24,25,28). The molecule has 0 spiro atoms. The molecule has 3 amide bonds. The van der Waals surface area contributed by atoms with Crippen molar-refractivity contribution < 1.29 is 18.8 Å². The molecule has 2 heterocycles. The van der Waals surface area contributed by atoms with E-state index in [-0.39, 0.29) is 22.6 Å². The van der Waals surface area contributed by atoms with Crippen molar-refractivity contribution in [3.05, 3.63) is 51.3 Å². The lowest BCUT2D eigenvalue weighted by molar-refractivity contribution is -0.114. The molecule has 0 atom stereocenters. The Morgan fingerprint density at radius 3 is 2.77 bits per heavy atom. The van der Waals surface area contributed by atoms with Gasteiger partial charge in [-0.25, -0.2) is 4.99 Å². The van der Waals surface area contributed by atoms with Gasteiger partial charge in [-0.1, -0.05) is 29.4 Å². The maximum atomic E-state index is 12.2. The van der Waals surface area contributed by atoms with Gasteiger partial charge in [0, 0.05) is 10.7 Å². The second kappa shape index (κ2) is 9.37. The van der Waals surface area contributed by atoms with E-state index in [0.29, 0.717) is 15.4 Å². The van der Waals surface area contributed by atoms with Crippen molar-refractivity contribution in [3.63, 3.8) is 0 Å². The molecule has 0 radical (unpaired) electrons. The molecule has 1 aliphatic rings. The Morgan fingerprint density at radius 2 is 2.13 bits per heavy atom. The smallest absolute Gasteiger partial charge is 0.313 e. The zero-order valence-electron chi connectivity index (χ0n) is 15.3. The van der Waals surface area contributed by atoms with Crippen LogP contribution in [-0.4, -0.2) is 40.2 Å². The highest BCUT2D eigenvalue weighted by Crippen LogP contribution is 2.20. The topological polar surface area (TPSA) is 137 Å². The summed E-state index contributed by atoms with van der Waals surface area (Å²) in [6.07, 6.45) is 0. The Morgan fingerprint density at radius 1 is 1.37 bits per heavy atom. The van der Waals surface area contributed by atoms with E-state index in [2.05, 4.69) is 36.5 Å². The van der Waals surface area contributed by atoms with Gasteiger partial charge in [-0.05, 0) is 52.7 Å². The molecule has 9 nitrogen and oxygen atoms in total. The fourth-order valence-electron chi connectivity index (χ4n) is 2.21. The number of benzene rings is 1. The van der Waals surface area contributed by atoms with Crippen LogP contribution in [-0.2, 0) is 9.59 Å². The molecule has 3 N–H and O–H groups in total. The van der Waals surface area contributed by atoms with Crippen LogP contribution in [0.3, 0.4) is 0 Å². The second-order valence-electron chi connectivity index (χ2n) is 5.89. The van der Waals surface area contributed by atoms with Crippen molar-refractivity contribution in [1.82, 2.24) is 5.32 Å². The predicted octanol–water partition coefficient (Wildman–Crippen LogP) is 3.42. The number of halogens is 2. The molecule has 1 aliphatic heterocycles. The highest BCUT2D eigenvalue weighted by atomic mass is 79.9. The molecule has 154 valence electrons. The number of rotatable bonds is 4. The minimum Gasteiger partial charge on any atom is -0.444 e. The van der Waals surface area contributed by atoms with E-state index in [1.807, 2.05) is 6.92 Å². The quantitative estimate of drug-likeness (QED) is 0.579. The first-order valence-electron chi connectivity index (χ1n) is 8.29. The van der Waals surface area contributed by atoms with Crippen LogP contribution < -0.4 is 10.6 Å². The van der Waals surface area contributed by atoms with Crippen molar-refractivity contribution in [1.29, 1.82) is 5.41 Å². The van der Waals surface area contributed by atoms with Crippen molar-refractivity contribution in [2.24, 2.45) is 9.98 Å². The minimum atomic E-state index is -0.821. The van der Waals surface area contributed by atoms with Crippen molar-refractivity contribution in [2.75, 3.05) is 11.1 Å². The number of hydrogen-bond donors (Lipinski definition) is 3. The number of nitrogens with zero attached hydrogens (tertiary/aromatic N) is 2. The molecule has 3 rings (SSSR count). The molecular weight excluding hydrogens is 498 g/mol. The van der Waals surface area contributed by atoms with Crippen molar-refractivity contribution >= 4 is 79.4 Å². The molecular formula is C18H13BrClN5O4S. The van der Waals surface area contributed by atoms with E-state index in [1.54, 1.807) is 18.2 Å². The normalized spacial score (nSPS) is 15.0. The van der Waals surface area contributed by atoms with Crippen molar-refractivity contribution in [2.45, 2.75) is 6.92 Å². The molecule has 12 heteroatoms. The third-order valence-corrected chi connectivity index (χ3v) is 5.37. The lowest BCUT2D eigenvalue weighted by Crippen LogP contribution is -2.43. The molecule has 1 aromatic heterocycles. The largest absolute Gasteiger partial charge is 0.444 e. The lowest BCUT2D eigenvalue weighted by atomic mass is 10.2. The van der Waals surface area contributed by atoms with E-state index < -0.39 is 23.4 Å². The number of hydrogen-bond acceptors (Lipinski definition) is 6. The summed E-state index contributed by atoms with van der Waals surface area (Å²) in [5.74, 6) is -2.59. The van der Waals surface area contributed by atoms with E-state index in [1.165, 1.54) is 12.1 Å². The number of furan rings is 1. The highest BCUT2D eigenvalue weighted by Gasteiger charge is 2.27. The van der Waals surface area contributed by atoms with Crippen LogP contribution in [0.1, 0.15) is 16.1 Å². The predicted molar refractivity (Wildman–Crippen MR) is 119 cm³/mol. The zero-order chi connectivity index (χ0) is 21.8. The summed E-state index contributed by atoms with van der Waals surface area (Å²) < 4.78 is 5.40. The summed E-state index contributed by atoms with van der Waals surface area (Å²) in [4.78, 5) is 43.8. The summed E-state index contributed by atoms with van der Waals surface area (Å²) >= 11 is 10.0. The molecule has 0 aliphatic carbocycles. The van der Waals surface area contributed by atoms with Crippen LogP contribution in [0.2, 0.25) is 5.02 Å². The second-order valence-corrected chi connectivity index (χ2v) is 8.04. The van der Waals surface area contributed by atoms with Gasteiger partial charge in [0.25, 0.3) is 5.91 Å². The summed E-state index contributed by atoms with van der Waals surface area (Å²) in [5.41, 5.74) is 0.976. The monoisotopic (exact) mass is 509 g/mol. The van der Waals surface area contributed by atoms with Gasteiger partial charge in [-0.3, -0.25) is 25.1 Å². The third kappa shape index (κ3) is 5.43. The number of aliphatic imine (C=N–C) groups is 2. The number of aryl methyl sites for hydroxylation is 1. The molecule has 0 saturated carbocycles. The van der Waals surface area contributed by atoms with E-state index in [4.69, 9.17) is 21.4 Å². The van der Waals surface area contributed by atoms with Gasteiger partial charge in [0.1, 0.15) is 0 Å². The van der Waals surface area contributed by atoms with Gasteiger partial charge in [0.15, 0.2) is 27.1 Å². The number of amides is 3. The number of anilines is 1. The van der Waals surface area contributed by atoms with Gasteiger partial charge in [-0.2, -0.15) is 4.99 Å². The maximum Gasteiger partial charge on any atom is 0.313 e. The SMILES string of the molecule is Cc1ccc(NC(=O)CSC2=NC(=N)C(=NC(=O)c3ccc(Br)o3)C(=O)N2)cc1Cl. The Hall–Kier alpha value is -2.76. The van der Waals surface area contributed by atoms with E-state index in [0.717, 1.165) is 17.3 Å². The number of nitrogens with one attached hydrogen (secondary N) is 3. The average Bonchev–Trinajstić information content (AvgIpc) is 3.12. The zero-order valence-corrected chi connectivity index (χ0v) is 18.4. The molecule has 2 aromatic rings. The maximum absolute atomic E-state index is 12.2. The first-order chi connectivity index (χ1) is 14.2. The van der Waals surface area contributed by atoms with Crippen LogP contribution in [0.15, 0.2) is 49.4 Å². The summed E-state index contributed by atoms with van der Waals surface area (Å²) in [7, 11) is 0. The van der Waals surface area contributed by atoms with Crippen LogP contribution in [0.5, 0.6) is 0 Å². The average molecular weight is 511 g/mol. The lowest BCUT2D eigenvalue weighted by Gasteiger charge is -2.14. The Balaban J connectivity index is 1.61. The molecule has 0 saturated heterocycles.